The lowest BCUT2D eigenvalue weighted by molar-refractivity contribution is -0.133. The fourth-order valence-corrected chi connectivity index (χ4v) is 4.50. The summed E-state index contributed by atoms with van der Waals surface area (Å²) in [6.07, 6.45) is 1.33. The maximum absolute atomic E-state index is 12.9. The first-order valence-corrected chi connectivity index (χ1v) is 9.64. The van der Waals surface area contributed by atoms with E-state index in [9.17, 15) is 4.79 Å². The van der Waals surface area contributed by atoms with Crippen LogP contribution in [0.3, 0.4) is 0 Å². The lowest BCUT2D eigenvalue weighted by Crippen LogP contribution is -2.40. The van der Waals surface area contributed by atoms with Gasteiger partial charge in [0.25, 0.3) is 0 Å². The average Bonchev–Trinajstić information content (AvgIpc) is 2.85. The molecule has 0 radical (unpaired) electrons. The molecule has 0 spiro atoms. The summed E-state index contributed by atoms with van der Waals surface area (Å²) in [7, 11) is 1.96. The Labute approximate surface area is 148 Å². The van der Waals surface area contributed by atoms with Crippen LogP contribution in [0.5, 0.6) is 0 Å². The van der Waals surface area contributed by atoms with Crippen LogP contribution in [0, 0.1) is 13.8 Å². The van der Waals surface area contributed by atoms with Crippen molar-refractivity contribution in [2.24, 2.45) is 7.05 Å². The van der Waals surface area contributed by atoms with Gasteiger partial charge in [-0.25, -0.2) is 0 Å². The van der Waals surface area contributed by atoms with Gasteiger partial charge in [-0.05, 0) is 31.4 Å². The minimum absolute atomic E-state index is 0.202. The smallest absolute Gasteiger partial charge is 0.223 e. The first-order valence-electron chi connectivity index (χ1n) is 8.49. The van der Waals surface area contributed by atoms with Crippen LogP contribution in [0.4, 0.5) is 0 Å². The Morgan fingerprint density at radius 2 is 2.04 bits per heavy atom. The maximum atomic E-state index is 12.9. The predicted octanol–water partition coefficient (Wildman–Crippen LogP) is 3.29. The molecule has 3 rings (SSSR count). The molecule has 2 aromatic rings. The van der Waals surface area contributed by atoms with Crippen LogP contribution in [0.2, 0.25) is 0 Å². The van der Waals surface area contributed by atoms with Crippen molar-refractivity contribution >= 4 is 17.7 Å². The van der Waals surface area contributed by atoms with Crippen LogP contribution in [-0.4, -0.2) is 38.6 Å². The molecule has 0 unspecified atom stereocenters. The van der Waals surface area contributed by atoms with Crippen molar-refractivity contribution in [3.63, 3.8) is 0 Å². The molecular formula is C19H25N3OS. The number of benzene rings is 1. The van der Waals surface area contributed by atoms with E-state index in [1.54, 1.807) is 0 Å². The van der Waals surface area contributed by atoms with Gasteiger partial charge < -0.3 is 4.90 Å². The molecule has 2 heterocycles. The molecule has 128 valence electrons. The molecule has 1 atom stereocenters. The van der Waals surface area contributed by atoms with E-state index in [1.165, 1.54) is 11.1 Å². The summed E-state index contributed by atoms with van der Waals surface area (Å²) in [5.41, 5.74) is 4.66. The minimum Gasteiger partial charge on any atom is -0.334 e. The first kappa shape index (κ1) is 17.1. The molecule has 0 N–H and O–H groups in total. The predicted molar refractivity (Wildman–Crippen MR) is 99.2 cm³/mol. The minimum atomic E-state index is 0.202. The van der Waals surface area contributed by atoms with E-state index in [1.807, 2.05) is 36.5 Å². The monoisotopic (exact) mass is 343 g/mol. The number of hydrogen-bond donors (Lipinski definition) is 0. The number of carbonyl (C=O) groups excluding carboxylic acids is 1. The molecule has 24 heavy (non-hydrogen) atoms. The molecule has 4 nitrogen and oxygen atoms in total. The zero-order valence-electron chi connectivity index (χ0n) is 14.7. The quantitative estimate of drug-likeness (QED) is 0.855. The Morgan fingerprint density at radius 3 is 2.71 bits per heavy atom. The SMILES string of the molecule is Cc1nn(C)c(C)c1CCC(=O)N1CCSC[C@@H]1c1ccccc1. The normalized spacial score (nSPS) is 18.0. The van der Waals surface area contributed by atoms with Crippen molar-refractivity contribution in [1.82, 2.24) is 14.7 Å². The maximum Gasteiger partial charge on any atom is 0.223 e. The Bertz CT molecular complexity index is 711. The van der Waals surface area contributed by atoms with Crippen molar-refractivity contribution in [2.75, 3.05) is 18.1 Å². The molecule has 1 aromatic carbocycles. The molecule has 0 saturated carbocycles. The van der Waals surface area contributed by atoms with Crippen LogP contribution < -0.4 is 0 Å². The topological polar surface area (TPSA) is 38.1 Å². The highest BCUT2D eigenvalue weighted by Gasteiger charge is 2.28. The third-order valence-electron chi connectivity index (χ3n) is 4.88. The van der Waals surface area contributed by atoms with E-state index < -0.39 is 0 Å². The van der Waals surface area contributed by atoms with Gasteiger partial charge in [-0.2, -0.15) is 16.9 Å². The van der Waals surface area contributed by atoms with Crippen molar-refractivity contribution in [1.29, 1.82) is 0 Å². The zero-order valence-corrected chi connectivity index (χ0v) is 15.5. The second-order valence-electron chi connectivity index (χ2n) is 6.36. The third kappa shape index (κ3) is 3.51. The number of hydrogen-bond acceptors (Lipinski definition) is 3. The zero-order chi connectivity index (χ0) is 17.1. The standard InChI is InChI=1S/C19H25N3OS/c1-14-17(15(2)21(3)20-14)9-10-19(23)22-11-12-24-13-18(22)16-7-5-4-6-8-16/h4-8,18H,9-13H2,1-3H3/t18-/m1/s1. The Balaban J connectivity index is 1.70. The van der Waals surface area contributed by atoms with E-state index in [-0.39, 0.29) is 11.9 Å². The third-order valence-corrected chi connectivity index (χ3v) is 5.90. The van der Waals surface area contributed by atoms with Gasteiger partial charge in [0, 0.05) is 37.2 Å². The van der Waals surface area contributed by atoms with E-state index >= 15 is 0 Å². The Morgan fingerprint density at radius 1 is 1.29 bits per heavy atom. The van der Waals surface area contributed by atoms with Gasteiger partial charge in [-0.3, -0.25) is 9.48 Å². The molecule has 1 amide bonds. The summed E-state index contributed by atoms with van der Waals surface area (Å²) >= 11 is 1.93. The highest BCUT2D eigenvalue weighted by Crippen LogP contribution is 2.30. The van der Waals surface area contributed by atoms with Crippen LogP contribution >= 0.6 is 11.8 Å². The van der Waals surface area contributed by atoms with Crippen LogP contribution in [0.1, 0.15) is 35.0 Å². The summed E-state index contributed by atoms with van der Waals surface area (Å²) in [5.74, 6) is 2.27. The molecule has 1 aromatic heterocycles. The Hall–Kier alpha value is -1.75. The van der Waals surface area contributed by atoms with Crippen molar-refractivity contribution in [2.45, 2.75) is 32.7 Å². The van der Waals surface area contributed by atoms with Crippen molar-refractivity contribution < 1.29 is 4.79 Å². The van der Waals surface area contributed by atoms with E-state index in [4.69, 9.17) is 0 Å². The van der Waals surface area contributed by atoms with Gasteiger partial charge in [0.05, 0.1) is 11.7 Å². The summed E-state index contributed by atoms with van der Waals surface area (Å²) in [6, 6.07) is 10.6. The number of aryl methyl sites for hydroxylation is 2. The molecule has 1 saturated heterocycles. The van der Waals surface area contributed by atoms with Gasteiger partial charge in [0.1, 0.15) is 0 Å². The first-order chi connectivity index (χ1) is 11.6. The fraction of sp³-hybridized carbons (Fsp3) is 0.474. The van der Waals surface area contributed by atoms with E-state index in [2.05, 4.69) is 41.2 Å². The van der Waals surface area contributed by atoms with Gasteiger partial charge in [0.2, 0.25) is 5.91 Å². The van der Waals surface area contributed by atoms with Gasteiger partial charge in [0.15, 0.2) is 0 Å². The second kappa shape index (κ2) is 7.43. The number of thioether (sulfide) groups is 1. The van der Waals surface area contributed by atoms with Crippen molar-refractivity contribution in [3.05, 3.63) is 52.8 Å². The molecule has 1 aliphatic heterocycles. The highest BCUT2D eigenvalue weighted by atomic mass is 32.2. The molecule has 0 bridgehead atoms. The number of amides is 1. The molecule has 1 aliphatic rings. The lowest BCUT2D eigenvalue weighted by Gasteiger charge is -2.36. The van der Waals surface area contributed by atoms with Crippen LogP contribution in [0.15, 0.2) is 30.3 Å². The average molecular weight is 343 g/mol. The van der Waals surface area contributed by atoms with Crippen LogP contribution in [-0.2, 0) is 18.3 Å². The summed E-state index contributed by atoms with van der Waals surface area (Å²) in [5, 5.41) is 4.45. The van der Waals surface area contributed by atoms with Gasteiger partial charge in [-0.1, -0.05) is 30.3 Å². The number of rotatable bonds is 4. The van der Waals surface area contributed by atoms with E-state index in [0.29, 0.717) is 6.42 Å². The number of aromatic nitrogens is 2. The molecule has 0 aliphatic carbocycles. The lowest BCUT2D eigenvalue weighted by atomic mass is 10.0. The number of nitrogens with zero attached hydrogens (tertiary/aromatic N) is 3. The van der Waals surface area contributed by atoms with Gasteiger partial charge >= 0.3 is 0 Å². The van der Waals surface area contributed by atoms with Crippen molar-refractivity contribution in [3.8, 4) is 0 Å². The summed E-state index contributed by atoms with van der Waals surface area (Å²) < 4.78 is 1.90. The number of carbonyl (C=O) groups is 1. The highest BCUT2D eigenvalue weighted by molar-refractivity contribution is 7.99. The summed E-state index contributed by atoms with van der Waals surface area (Å²) in [4.78, 5) is 15.0. The van der Waals surface area contributed by atoms with Gasteiger partial charge in [-0.15, -0.1) is 0 Å². The van der Waals surface area contributed by atoms with E-state index in [0.717, 1.165) is 35.9 Å². The molecule has 1 fully saturated rings. The fourth-order valence-electron chi connectivity index (χ4n) is 3.41. The largest absolute Gasteiger partial charge is 0.334 e. The van der Waals surface area contributed by atoms with Crippen LogP contribution in [0.25, 0.3) is 0 Å². The molecule has 5 heteroatoms. The molecular weight excluding hydrogens is 318 g/mol. The summed E-state index contributed by atoms with van der Waals surface area (Å²) in [6.45, 7) is 4.94. The Kier molecular flexibility index (Phi) is 5.29. The second-order valence-corrected chi connectivity index (χ2v) is 7.51.